The average Bonchev–Trinajstić information content (AvgIpc) is 2.82. The summed E-state index contributed by atoms with van der Waals surface area (Å²) in [6.45, 7) is 0.997. The summed E-state index contributed by atoms with van der Waals surface area (Å²) in [6, 6.07) is 5.86. The molecular weight excluding hydrogens is 296 g/mol. The molecule has 0 atom stereocenters. The Morgan fingerprint density at radius 1 is 1.26 bits per heavy atom. The Labute approximate surface area is 128 Å². The van der Waals surface area contributed by atoms with Gasteiger partial charge >= 0.3 is 0 Å². The largest absolute Gasteiger partial charge is 0.361 e. The molecule has 0 saturated heterocycles. The number of nitrogens with zero attached hydrogens (tertiary/aromatic N) is 1. The molecule has 0 aliphatic carbocycles. The molecule has 0 saturated carbocycles. The molecule has 0 spiro atoms. The van der Waals surface area contributed by atoms with Gasteiger partial charge in [0.15, 0.2) is 5.13 Å². The van der Waals surface area contributed by atoms with Gasteiger partial charge < -0.3 is 5.32 Å². The van der Waals surface area contributed by atoms with E-state index in [1.165, 1.54) is 31.4 Å². The second kappa shape index (κ2) is 7.98. The zero-order valence-corrected chi connectivity index (χ0v) is 13.5. The number of fused-ring (bicyclic) bond motifs is 1. The first-order valence-electron chi connectivity index (χ1n) is 6.59. The van der Waals surface area contributed by atoms with Crippen molar-refractivity contribution in [3.63, 3.8) is 0 Å². The fourth-order valence-corrected chi connectivity index (χ4v) is 3.58. The van der Waals surface area contributed by atoms with Crippen LogP contribution in [0.1, 0.15) is 25.7 Å². The van der Waals surface area contributed by atoms with Crippen LogP contribution in [0.25, 0.3) is 10.2 Å². The zero-order chi connectivity index (χ0) is 13.5. The number of hydrogen-bond donors (Lipinski definition) is 1. The van der Waals surface area contributed by atoms with E-state index in [1.54, 1.807) is 11.3 Å². The lowest BCUT2D eigenvalue weighted by Crippen LogP contribution is -2.00. The Kier molecular flexibility index (Phi) is 6.28. The predicted molar refractivity (Wildman–Crippen MR) is 90.0 cm³/mol. The van der Waals surface area contributed by atoms with Crippen molar-refractivity contribution in [2.75, 3.05) is 23.9 Å². The molecule has 0 unspecified atom stereocenters. The van der Waals surface area contributed by atoms with Crippen molar-refractivity contribution < 1.29 is 0 Å². The topological polar surface area (TPSA) is 24.9 Å². The second-order valence-electron chi connectivity index (χ2n) is 4.44. The van der Waals surface area contributed by atoms with Crippen LogP contribution in [0.5, 0.6) is 0 Å². The van der Waals surface area contributed by atoms with Gasteiger partial charge in [-0.05, 0) is 37.0 Å². The third-order valence-corrected chi connectivity index (χ3v) is 5.10. The first-order valence-corrected chi connectivity index (χ1v) is 9.18. The molecule has 1 aromatic carbocycles. The van der Waals surface area contributed by atoms with Crippen LogP contribution in [0.4, 0.5) is 5.13 Å². The maximum Gasteiger partial charge on any atom is 0.183 e. The molecule has 1 N–H and O–H groups in total. The summed E-state index contributed by atoms with van der Waals surface area (Å²) in [6.07, 6.45) is 7.32. The molecule has 0 radical (unpaired) electrons. The van der Waals surface area contributed by atoms with Gasteiger partial charge in [-0.3, -0.25) is 0 Å². The van der Waals surface area contributed by atoms with E-state index >= 15 is 0 Å². The molecular formula is C14H19ClN2S2. The number of rotatable bonds is 8. The molecule has 0 aliphatic heterocycles. The standard InChI is InChI=1S/C14H19ClN2S2/c1-18-10-5-3-2-4-9-16-14-17-12-8-6-7-11(15)13(12)19-14/h6-8H,2-5,9-10H2,1H3,(H,16,17). The third kappa shape index (κ3) is 4.55. The minimum Gasteiger partial charge on any atom is -0.361 e. The number of halogens is 1. The van der Waals surface area contributed by atoms with Gasteiger partial charge in [0.2, 0.25) is 0 Å². The van der Waals surface area contributed by atoms with E-state index < -0.39 is 0 Å². The first-order chi connectivity index (χ1) is 9.31. The van der Waals surface area contributed by atoms with Crippen LogP contribution in [-0.2, 0) is 0 Å². The van der Waals surface area contributed by atoms with E-state index in [2.05, 4.69) is 16.6 Å². The van der Waals surface area contributed by atoms with Crippen molar-refractivity contribution in [2.45, 2.75) is 25.7 Å². The summed E-state index contributed by atoms with van der Waals surface area (Å²) in [5.41, 5.74) is 0.986. The number of benzene rings is 1. The number of aromatic nitrogens is 1. The molecule has 2 aromatic rings. The smallest absolute Gasteiger partial charge is 0.183 e. The molecule has 1 aromatic heterocycles. The molecule has 1 heterocycles. The van der Waals surface area contributed by atoms with Crippen LogP contribution in [0.2, 0.25) is 5.02 Å². The minimum atomic E-state index is 0.792. The van der Waals surface area contributed by atoms with Crippen LogP contribution in [-0.4, -0.2) is 23.5 Å². The SMILES string of the molecule is CSCCCCCCNc1nc2cccc(Cl)c2s1. The van der Waals surface area contributed by atoms with Crippen LogP contribution in [0, 0.1) is 0 Å². The van der Waals surface area contributed by atoms with Crippen molar-refractivity contribution in [1.29, 1.82) is 0 Å². The van der Waals surface area contributed by atoms with Gasteiger partial charge in [0.05, 0.1) is 15.2 Å². The molecule has 0 bridgehead atoms. The maximum absolute atomic E-state index is 6.14. The lowest BCUT2D eigenvalue weighted by Gasteiger charge is -2.02. The molecule has 104 valence electrons. The Balaban J connectivity index is 1.74. The highest BCUT2D eigenvalue weighted by Crippen LogP contribution is 2.31. The summed E-state index contributed by atoms with van der Waals surface area (Å²) in [7, 11) is 0. The van der Waals surface area contributed by atoms with Crippen molar-refractivity contribution >= 4 is 50.0 Å². The number of nitrogens with one attached hydrogen (secondary N) is 1. The van der Waals surface area contributed by atoms with Crippen LogP contribution >= 0.6 is 34.7 Å². The van der Waals surface area contributed by atoms with Crippen molar-refractivity contribution in [3.05, 3.63) is 23.2 Å². The fraction of sp³-hybridized carbons (Fsp3) is 0.500. The van der Waals surface area contributed by atoms with Gasteiger partial charge in [-0.25, -0.2) is 4.98 Å². The lowest BCUT2D eigenvalue weighted by atomic mass is 10.2. The number of hydrogen-bond acceptors (Lipinski definition) is 4. The number of thiazole rings is 1. The van der Waals surface area contributed by atoms with Crippen LogP contribution in [0.15, 0.2) is 18.2 Å². The van der Waals surface area contributed by atoms with Gasteiger partial charge in [-0.2, -0.15) is 11.8 Å². The molecule has 2 rings (SSSR count). The van der Waals surface area contributed by atoms with Crippen LogP contribution in [0.3, 0.4) is 0 Å². The fourth-order valence-electron chi connectivity index (χ4n) is 1.91. The molecule has 2 nitrogen and oxygen atoms in total. The van der Waals surface area contributed by atoms with Gasteiger partial charge in [0.1, 0.15) is 0 Å². The van der Waals surface area contributed by atoms with Gasteiger partial charge in [0.25, 0.3) is 0 Å². The summed E-state index contributed by atoms with van der Waals surface area (Å²) >= 11 is 9.71. The summed E-state index contributed by atoms with van der Waals surface area (Å²) < 4.78 is 1.08. The molecule has 5 heteroatoms. The highest BCUT2D eigenvalue weighted by Gasteiger charge is 2.05. The number of unbranched alkanes of at least 4 members (excludes halogenated alkanes) is 3. The Bertz CT molecular complexity index is 513. The second-order valence-corrected chi connectivity index (χ2v) is 6.83. The van der Waals surface area contributed by atoms with Gasteiger partial charge in [0, 0.05) is 6.54 Å². The quantitative estimate of drug-likeness (QED) is 0.670. The Morgan fingerprint density at radius 3 is 2.89 bits per heavy atom. The van der Waals surface area contributed by atoms with Crippen LogP contribution < -0.4 is 5.32 Å². The molecule has 0 amide bonds. The Hall–Kier alpha value is -0.450. The molecule has 0 fully saturated rings. The summed E-state index contributed by atoms with van der Waals surface area (Å²) in [5, 5.41) is 5.17. The van der Waals surface area contributed by atoms with Gasteiger partial charge in [-0.15, -0.1) is 0 Å². The minimum absolute atomic E-state index is 0.792. The van der Waals surface area contributed by atoms with Crippen molar-refractivity contribution in [1.82, 2.24) is 4.98 Å². The monoisotopic (exact) mass is 314 g/mol. The molecule has 0 aliphatic rings. The normalized spacial score (nSPS) is 11.1. The lowest BCUT2D eigenvalue weighted by molar-refractivity contribution is 0.689. The van der Waals surface area contributed by atoms with Crippen molar-refractivity contribution in [2.24, 2.45) is 0 Å². The molecule has 19 heavy (non-hydrogen) atoms. The Morgan fingerprint density at radius 2 is 2.11 bits per heavy atom. The highest BCUT2D eigenvalue weighted by molar-refractivity contribution is 7.98. The van der Waals surface area contributed by atoms with E-state index in [0.717, 1.165) is 26.9 Å². The highest BCUT2D eigenvalue weighted by atomic mass is 35.5. The van der Waals surface area contributed by atoms with E-state index in [-0.39, 0.29) is 0 Å². The zero-order valence-electron chi connectivity index (χ0n) is 11.1. The third-order valence-electron chi connectivity index (χ3n) is 2.92. The maximum atomic E-state index is 6.14. The van der Waals surface area contributed by atoms with E-state index in [0.29, 0.717) is 0 Å². The van der Waals surface area contributed by atoms with E-state index in [9.17, 15) is 0 Å². The van der Waals surface area contributed by atoms with Gasteiger partial charge in [-0.1, -0.05) is 41.8 Å². The summed E-state index contributed by atoms with van der Waals surface area (Å²) in [4.78, 5) is 4.54. The number of thioether (sulfide) groups is 1. The predicted octanol–water partition coefficient (Wildman–Crippen LogP) is 5.29. The first kappa shape index (κ1) is 14.9. The van der Waals surface area contributed by atoms with E-state index in [1.807, 2.05) is 30.0 Å². The number of anilines is 1. The van der Waals surface area contributed by atoms with Crippen molar-refractivity contribution in [3.8, 4) is 0 Å². The average molecular weight is 315 g/mol. The summed E-state index contributed by atoms with van der Waals surface area (Å²) in [5.74, 6) is 1.28. The van der Waals surface area contributed by atoms with E-state index in [4.69, 9.17) is 11.6 Å².